The lowest BCUT2D eigenvalue weighted by Gasteiger charge is -2.36. The largest absolute Gasteiger partial charge is 0.394 e. The summed E-state index contributed by atoms with van der Waals surface area (Å²) in [6, 6.07) is -0.161. The highest BCUT2D eigenvalue weighted by molar-refractivity contribution is 5.87. The lowest BCUT2D eigenvalue weighted by molar-refractivity contribution is -0.123. The van der Waals surface area contributed by atoms with Gasteiger partial charge in [0.1, 0.15) is 6.04 Å². The van der Waals surface area contributed by atoms with Gasteiger partial charge in [0.2, 0.25) is 5.91 Å². The van der Waals surface area contributed by atoms with Gasteiger partial charge in [-0.05, 0) is 12.3 Å². The van der Waals surface area contributed by atoms with Crippen LogP contribution in [0, 0.1) is 0 Å². The number of hydrogen-bond donors (Lipinski definition) is 2. The highest BCUT2D eigenvalue weighted by Gasteiger charge is 2.32. The van der Waals surface area contributed by atoms with E-state index in [1.54, 1.807) is 4.68 Å². The van der Waals surface area contributed by atoms with Crippen molar-refractivity contribution in [2.75, 3.05) is 23.7 Å². The van der Waals surface area contributed by atoms with Crippen LogP contribution in [0.15, 0.2) is 0 Å². The average Bonchev–Trinajstić information content (AvgIpc) is 2.64. The van der Waals surface area contributed by atoms with Crippen LogP contribution in [-0.4, -0.2) is 34.8 Å². The minimum atomic E-state index is -0.161. The molecule has 0 saturated carbocycles. The van der Waals surface area contributed by atoms with Gasteiger partial charge in [-0.1, -0.05) is 20.8 Å². The standard InChI is InChI=1S/C13H23N5O/c1-5-9-12(19)15-6-7-18(9)13-10(14)11(8(2)3)16-17(13)4/h8-9H,5-7,14H2,1-4H3,(H,15,19). The van der Waals surface area contributed by atoms with Crippen molar-refractivity contribution in [1.29, 1.82) is 0 Å². The molecule has 2 heterocycles. The lowest BCUT2D eigenvalue weighted by atomic mass is 10.1. The molecule has 19 heavy (non-hydrogen) atoms. The number of nitrogens with one attached hydrogen (secondary N) is 1. The van der Waals surface area contributed by atoms with Crippen molar-refractivity contribution >= 4 is 17.4 Å². The summed E-state index contributed by atoms with van der Waals surface area (Å²) >= 11 is 0. The fourth-order valence-electron chi connectivity index (χ4n) is 2.69. The predicted molar refractivity (Wildman–Crippen MR) is 76.1 cm³/mol. The summed E-state index contributed by atoms with van der Waals surface area (Å²) in [7, 11) is 1.89. The molecule has 0 radical (unpaired) electrons. The third kappa shape index (κ3) is 2.27. The maximum absolute atomic E-state index is 11.9. The van der Waals surface area contributed by atoms with E-state index in [4.69, 9.17) is 5.73 Å². The topological polar surface area (TPSA) is 76.2 Å². The summed E-state index contributed by atoms with van der Waals surface area (Å²) in [5.41, 5.74) is 7.84. The molecule has 3 N–H and O–H groups in total. The van der Waals surface area contributed by atoms with Gasteiger partial charge in [0.25, 0.3) is 0 Å². The van der Waals surface area contributed by atoms with Crippen LogP contribution in [0.2, 0.25) is 0 Å². The van der Waals surface area contributed by atoms with Gasteiger partial charge in [-0.25, -0.2) is 0 Å². The van der Waals surface area contributed by atoms with Gasteiger partial charge in [-0.2, -0.15) is 5.10 Å². The van der Waals surface area contributed by atoms with Gasteiger partial charge in [0.05, 0.1) is 11.4 Å². The predicted octanol–water partition coefficient (Wildman–Crippen LogP) is 0.841. The number of carbonyl (C=O) groups excluding carboxylic acids is 1. The van der Waals surface area contributed by atoms with E-state index in [0.717, 1.165) is 24.5 Å². The molecule has 0 bridgehead atoms. The molecule has 1 fully saturated rings. The zero-order chi connectivity index (χ0) is 14.2. The van der Waals surface area contributed by atoms with Gasteiger partial charge >= 0.3 is 0 Å². The summed E-state index contributed by atoms with van der Waals surface area (Å²) in [4.78, 5) is 14.0. The maximum Gasteiger partial charge on any atom is 0.242 e. The molecule has 0 spiro atoms. The van der Waals surface area contributed by atoms with E-state index < -0.39 is 0 Å². The average molecular weight is 265 g/mol. The Morgan fingerprint density at radius 3 is 2.74 bits per heavy atom. The summed E-state index contributed by atoms with van der Waals surface area (Å²) < 4.78 is 1.80. The Morgan fingerprint density at radius 1 is 1.53 bits per heavy atom. The van der Waals surface area contributed by atoms with Crippen LogP contribution in [0.25, 0.3) is 0 Å². The molecule has 1 amide bonds. The van der Waals surface area contributed by atoms with E-state index in [9.17, 15) is 4.79 Å². The number of nitrogen functional groups attached to an aromatic ring is 1. The number of amides is 1. The fraction of sp³-hybridized carbons (Fsp3) is 0.692. The lowest BCUT2D eigenvalue weighted by Crippen LogP contribution is -2.55. The zero-order valence-electron chi connectivity index (χ0n) is 12.1. The highest BCUT2D eigenvalue weighted by Crippen LogP contribution is 2.32. The smallest absolute Gasteiger partial charge is 0.242 e. The number of aryl methyl sites for hydroxylation is 1. The first kappa shape index (κ1) is 13.7. The Balaban J connectivity index is 2.42. The molecule has 6 heteroatoms. The van der Waals surface area contributed by atoms with Crippen LogP contribution < -0.4 is 16.0 Å². The number of carbonyl (C=O) groups is 1. The van der Waals surface area contributed by atoms with Crippen molar-refractivity contribution in [2.45, 2.75) is 39.2 Å². The number of rotatable bonds is 3. The second-order valence-electron chi connectivity index (χ2n) is 5.31. The Hall–Kier alpha value is -1.72. The van der Waals surface area contributed by atoms with Crippen LogP contribution in [0.5, 0.6) is 0 Å². The van der Waals surface area contributed by atoms with E-state index in [0.29, 0.717) is 12.2 Å². The number of aromatic nitrogens is 2. The fourth-order valence-corrected chi connectivity index (χ4v) is 2.69. The number of anilines is 2. The molecular weight excluding hydrogens is 242 g/mol. The highest BCUT2D eigenvalue weighted by atomic mass is 16.2. The van der Waals surface area contributed by atoms with Crippen molar-refractivity contribution in [3.8, 4) is 0 Å². The molecule has 1 aromatic rings. The van der Waals surface area contributed by atoms with E-state index in [1.165, 1.54) is 0 Å². The van der Waals surface area contributed by atoms with E-state index >= 15 is 0 Å². The molecule has 1 saturated heterocycles. The van der Waals surface area contributed by atoms with Crippen molar-refractivity contribution in [3.05, 3.63) is 5.69 Å². The van der Waals surface area contributed by atoms with E-state index in [-0.39, 0.29) is 17.9 Å². The van der Waals surface area contributed by atoms with E-state index in [2.05, 4.69) is 29.2 Å². The van der Waals surface area contributed by atoms with Gasteiger partial charge in [-0.15, -0.1) is 0 Å². The monoisotopic (exact) mass is 265 g/mol. The van der Waals surface area contributed by atoms with Crippen molar-refractivity contribution in [2.24, 2.45) is 7.05 Å². The summed E-state index contributed by atoms with van der Waals surface area (Å²) in [5.74, 6) is 1.21. The maximum atomic E-state index is 11.9. The molecule has 1 atom stereocenters. The van der Waals surface area contributed by atoms with Crippen molar-refractivity contribution < 1.29 is 4.79 Å². The normalized spacial score (nSPS) is 19.9. The van der Waals surface area contributed by atoms with Crippen LogP contribution in [0.3, 0.4) is 0 Å². The van der Waals surface area contributed by atoms with Gasteiger partial charge in [0, 0.05) is 20.1 Å². The quantitative estimate of drug-likeness (QED) is 0.849. The Labute approximate surface area is 113 Å². The minimum Gasteiger partial charge on any atom is -0.394 e. The Morgan fingerprint density at radius 2 is 2.21 bits per heavy atom. The van der Waals surface area contributed by atoms with Crippen molar-refractivity contribution in [3.63, 3.8) is 0 Å². The van der Waals surface area contributed by atoms with Gasteiger partial charge in [-0.3, -0.25) is 9.48 Å². The second-order valence-corrected chi connectivity index (χ2v) is 5.31. The van der Waals surface area contributed by atoms with Crippen LogP contribution in [-0.2, 0) is 11.8 Å². The summed E-state index contributed by atoms with van der Waals surface area (Å²) in [5, 5.41) is 7.40. The van der Waals surface area contributed by atoms with Gasteiger partial charge < -0.3 is 16.0 Å². The first-order valence-electron chi connectivity index (χ1n) is 6.84. The first-order valence-corrected chi connectivity index (χ1v) is 6.84. The third-order valence-corrected chi connectivity index (χ3v) is 3.62. The third-order valence-electron chi connectivity index (χ3n) is 3.62. The van der Waals surface area contributed by atoms with Crippen LogP contribution >= 0.6 is 0 Å². The number of nitrogens with zero attached hydrogens (tertiary/aromatic N) is 3. The zero-order valence-corrected chi connectivity index (χ0v) is 12.1. The number of nitrogens with two attached hydrogens (primary N) is 1. The SMILES string of the molecule is CCC1C(=O)NCCN1c1c(N)c(C(C)C)nn1C. The molecular formula is C13H23N5O. The first-order chi connectivity index (χ1) is 8.97. The number of hydrogen-bond acceptors (Lipinski definition) is 4. The summed E-state index contributed by atoms with van der Waals surface area (Å²) in [6.07, 6.45) is 0.757. The number of piperazine rings is 1. The molecule has 6 nitrogen and oxygen atoms in total. The Bertz CT molecular complexity index is 480. The van der Waals surface area contributed by atoms with Gasteiger partial charge in [0.15, 0.2) is 5.82 Å². The molecule has 1 unspecified atom stereocenters. The molecule has 0 aliphatic carbocycles. The molecule has 1 aliphatic heterocycles. The molecule has 1 aromatic heterocycles. The molecule has 1 aliphatic rings. The minimum absolute atomic E-state index is 0.0699. The van der Waals surface area contributed by atoms with Crippen molar-refractivity contribution in [1.82, 2.24) is 15.1 Å². The van der Waals surface area contributed by atoms with Crippen LogP contribution in [0.4, 0.5) is 11.5 Å². The second kappa shape index (κ2) is 5.11. The molecule has 2 rings (SSSR count). The summed E-state index contributed by atoms with van der Waals surface area (Å²) in [6.45, 7) is 7.58. The molecule has 106 valence electrons. The van der Waals surface area contributed by atoms with E-state index in [1.807, 2.05) is 14.0 Å². The molecule has 0 aromatic carbocycles. The Kier molecular flexibility index (Phi) is 3.68. The van der Waals surface area contributed by atoms with Crippen LogP contribution in [0.1, 0.15) is 38.8 Å².